The third-order valence-electron chi connectivity index (χ3n) is 3.28. The third-order valence-corrected chi connectivity index (χ3v) is 3.28. The maximum absolute atomic E-state index is 5.55. The van der Waals surface area contributed by atoms with E-state index in [1.54, 1.807) is 6.26 Å². The van der Waals surface area contributed by atoms with Crippen LogP contribution in [0.2, 0.25) is 0 Å². The molecule has 1 N–H and O–H groups in total. The minimum atomic E-state index is 0.375. The van der Waals surface area contributed by atoms with E-state index in [0.717, 1.165) is 25.3 Å². The van der Waals surface area contributed by atoms with Crippen molar-refractivity contribution >= 4 is 0 Å². The average molecular weight is 273 g/mol. The van der Waals surface area contributed by atoms with Gasteiger partial charge in [-0.15, -0.1) is 0 Å². The van der Waals surface area contributed by atoms with Gasteiger partial charge in [0, 0.05) is 12.6 Å². The first kappa shape index (κ1) is 14.8. The van der Waals surface area contributed by atoms with E-state index >= 15 is 0 Å². The number of rotatable bonds is 8. The van der Waals surface area contributed by atoms with Crippen LogP contribution in [0.1, 0.15) is 36.3 Å². The highest BCUT2D eigenvalue weighted by atomic mass is 16.5. The van der Waals surface area contributed by atoms with Crippen molar-refractivity contribution in [3.05, 3.63) is 59.5 Å². The molecular formula is C17H23NO2. The van der Waals surface area contributed by atoms with E-state index in [1.165, 1.54) is 11.1 Å². The number of benzene rings is 1. The number of furan rings is 1. The van der Waals surface area contributed by atoms with Crippen molar-refractivity contribution in [2.24, 2.45) is 0 Å². The van der Waals surface area contributed by atoms with Crippen molar-refractivity contribution in [3.8, 4) is 0 Å². The Morgan fingerprint density at radius 3 is 2.90 bits per heavy atom. The molecule has 0 spiro atoms. The van der Waals surface area contributed by atoms with Crippen LogP contribution in [-0.4, -0.2) is 13.2 Å². The first-order valence-corrected chi connectivity index (χ1v) is 7.16. The molecule has 0 bridgehead atoms. The molecule has 1 aromatic carbocycles. The highest BCUT2D eigenvalue weighted by molar-refractivity contribution is 5.24. The number of aryl methyl sites for hydroxylation is 1. The number of hydrogen-bond acceptors (Lipinski definition) is 3. The monoisotopic (exact) mass is 273 g/mol. The molecule has 3 heteroatoms. The zero-order chi connectivity index (χ0) is 14.2. The maximum atomic E-state index is 5.55. The minimum Gasteiger partial charge on any atom is -0.467 e. The largest absolute Gasteiger partial charge is 0.467 e. The van der Waals surface area contributed by atoms with Gasteiger partial charge in [-0.05, 0) is 44.5 Å². The van der Waals surface area contributed by atoms with Gasteiger partial charge in [0.15, 0.2) is 0 Å². The van der Waals surface area contributed by atoms with Gasteiger partial charge in [0.2, 0.25) is 0 Å². The Labute approximate surface area is 121 Å². The van der Waals surface area contributed by atoms with Crippen molar-refractivity contribution < 1.29 is 9.15 Å². The topological polar surface area (TPSA) is 34.4 Å². The number of hydrogen-bond donors (Lipinski definition) is 1. The summed E-state index contributed by atoms with van der Waals surface area (Å²) in [6.45, 7) is 6.57. The Balaban J connectivity index is 1.58. The van der Waals surface area contributed by atoms with Gasteiger partial charge in [-0.1, -0.05) is 29.8 Å². The lowest BCUT2D eigenvalue weighted by Crippen LogP contribution is -2.21. The second kappa shape index (κ2) is 7.88. The highest BCUT2D eigenvalue weighted by Gasteiger charge is 2.04. The molecule has 2 rings (SSSR count). The molecule has 0 aliphatic rings. The molecule has 108 valence electrons. The Morgan fingerprint density at radius 2 is 2.15 bits per heavy atom. The Bertz CT molecular complexity index is 493. The predicted molar refractivity (Wildman–Crippen MR) is 80.6 cm³/mol. The highest BCUT2D eigenvalue weighted by Crippen LogP contribution is 2.13. The fourth-order valence-electron chi connectivity index (χ4n) is 2.12. The summed E-state index contributed by atoms with van der Waals surface area (Å²) in [6, 6.07) is 12.8. The van der Waals surface area contributed by atoms with Crippen LogP contribution in [0.5, 0.6) is 0 Å². The molecule has 0 amide bonds. The van der Waals surface area contributed by atoms with E-state index in [-0.39, 0.29) is 0 Å². The standard InChI is InChI=1S/C17H23NO2/c1-14-6-3-7-16(12-14)15(2)18-9-5-10-19-13-17-8-4-11-20-17/h3-4,6-8,11-12,15,18H,5,9-10,13H2,1-2H3. The van der Waals surface area contributed by atoms with Crippen molar-refractivity contribution in [3.63, 3.8) is 0 Å². The molecule has 0 radical (unpaired) electrons. The van der Waals surface area contributed by atoms with E-state index in [2.05, 4.69) is 43.4 Å². The smallest absolute Gasteiger partial charge is 0.129 e. The summed E-state index contributed by atoms with van der Waals surface area (Å²) in [4.78, 5) is 0. The lowest BCUT2D eigenvalue weighted by molar-refractivity contribution is 0.104. The quantitative estimate of drug-likeness (QED) is 0.742. The lowest BCUT2D eigenvalue weighted by Gasteiger charge is -2.14. The number of nitrogens with one attached hydrogen (secondary N) is 1. The summed E-state index contributed by atoms with van der Waals surface area (Å²) in [5.41, 5.74) is 2.64. The van der Waals surface area contributed by atoms with Gasteiger partial charge in [0.25, 0.3) is 0 Å². The zero-order valence-corrected chi connectivity index (χ0v) is 12.3. The summed E-state index contributed by atoms with van der Waals surface area (Å²) in [6.07, 6.45) is 2.67. The Kier molecular flexibility index (Phi) is 5.84. The van der Waals surface area contributed by atoms with Gasteiger partial charge in [-0.3, -0.25) is 0 Å². The molecule has 3 nitrogen and oxygen atoms in total. The van der Waals surface area contributed by atoms with Crippen LogP contribution in [0.15, 0.2) is 47.1 Å². The molecule has 1 aromatic heterocycles. The van der Waals surface area contributed by atoms with Crippen LogP contribution in [0, 0.1) is 6.92 Å². The first-order chi connectivity index (χ1) is 9.75. The Hall–Kier alpha value is -1.58. The zero-order valence-electron chi connectivity index (χ0n) is 12.3. The summed E-state index contributed by atoms with van der Waals surface area (Å²) < 4.78 is 10.8. The van der Waals surface area contributed by atoms with E-state index < -0.39 is 0 Å². The van der Waals surface area contributed by atoms with Gasteiger partial charge in [-0.2, -0.15) is 0 Å². The van der Waals surface area contributed by atoms with Crippen LogP contribution in [0.25, 0.3) is 0 Å². The fraction of sp³-hybridized carbons (Fsp3) is 0.412. The van der Waals surface area contributed by atoms with Crippen molar-refractivity contribution in [1.82, 2.24) is 5.32 Å². The third kappa shape index (κ3) is 4.83. The molecule has 0 aliphatic carbocycles. The molecule has 1 unspecified atom stereocenters. The molecule has 0 aliphatic heterocycles. The summed E-state index contributed by atoms with van der Waals surface area (Å²) in [7, 11) is 0. The van der Waals surface area contributed by atoms with E-state index in [9.17, 15) is 0 Å². The van der Waals surface area contributed by atoms with E-state index in [1.807, 2.05) is 12.1 Å². The van der Waals surface area contributed by atoms with Crippen LogP contribution in [-0.2, 0) is 11.3 Å². The van der Waals surface area contributed by atoms with Gasteiger partial charge in [0.1, 0.15) is 12.4 Å². The van der Waals surface area contributed by atoms with Crippen molar-refractivity contribution in [1.29, 1.82) is 0 Å². The van der Waals surface area contributed by atoms with E-state index in [4.69, 9.17) is 9.15 Å². The first-order valence-electron chi connectivity index (χ1n) is 7.16. The molecule has 1 heterocycles. The second-order valence-corrected chi connectivity index (χ2v) is 5.08. The van der Waals surface area contributed by atoms with Crippen LogP contribution >= 0.6 is 0 Å². The van der Waals surface area contributed by atoms with Gasteiger partial charge in [-0.25, -0.2) is 0 Å². The fourth-order valence-corrected chi connectivity index (χ4v) is 2.12. The Morgan fingerprint density at radius 1 is 1.25 bits per heavy atom. The molecule has 1 atom stereocenters. The number of ether oxygens (including phenoxy) is 1. The summed E-state index contributed by atoms with van der Waals surface area (Å²) in [5.74, 6) is 0.881. The maximum Gasteiger partial charge on any atom is 0.129 e. The SMILES string of the molecule is Cc1cccc(C(C)NCCCOCc2ccco2)c1. The molecule has 2 aromatic rings. The summed E-state index contributed by atoms with van der Waals surface area (Å²) >= 11 is 0. The second-order valence-electron chi connectivity index (χ2n) is 5.08. The molecule has 0 saturated heterocycles. The van der Waals surface area contributed by atoms with Crippen LogP contribution in [0.3, 0.4) is 0 Å². The van der Waals surface area contributed by atoms with Crippen molar-refractivity contribution in [2.45, 2.75) is 32.9 Å². The molecule has 0 fully saturated rings. The van der Waals surface area contributed by atoms with Gasteiger partial charge < -0.3 is 14.5 Å². The van der Waals surface area contributed by atoms with Gasteiger partial charge >= 0.3 is 0 Å². The average Bonchev–Trinajstić information content (AvgIpc) is 2.95. The van der Waals surface area contributed by atoms with Crippen LogP contribution < -0.4 is 5.32 Å². The predicted octanol–water partition coefficient (Wildman–Crippen LogP) is 3.85. The normalized spacial score (nSPS) is 12.5. The minimum absolute atomic E-state index is 0.375. The molecule has 0 saturated carbocycles. The van der Waals surface area contributed by atoms with E-state index in [0.29, 0.717) is 12.6 Å². The molecule has 20 heavy (non-hydrogen) atoms. The van der Waals surface area contributed by atoms with Crippen molar-refractivity contribution in [2.75, 3.05) is 13.2 Å². The molecular weight excluding hydrogens is 250 g/mol. The van der Waals surface area contributed by atoms with Crippen LogP contribution in [0.4, 0.5) is 0 Å². The lowest BCUT2D eigenvalue weighted by atomic mass is 10.1. The van der Waals surface area contributed by atoms with Gasteiger partial charge in [0.05, 0.1) is 6.26 Å². The summed E-state index contributed by atoms with van der Waals surface area (Å²) in [5, 5.41) is 3.52.